The van der Waals surface area contributed by atoms with E-state index in [0.717, 1.165) is 27.8 Å². The predicted molar refractivity (Wildman–Crippen MR) is 144 cm³/mol. The minimum Gasteiger partial charge on any atom is -0.493 e. The lowest BCUT2D eigenvalue weighted by atomic mass is 10.2. The Kier molecular flexibility index (Phi) is 7.61. The van der Waals surface area contributed by atoms with E-state index in [1.165, 1.54) is 31.0 Å². The molecule has 4 rings (SSSR count). The predicted octanol–water partition coefficient (Wildman–Crippen LogP) is 4.87. The number of aliphatic imine (C=N–C) groups is 1. The number of benzene rings is 3. The first-order chi connectivity index (χ1) is 17.1. The number of nitro groups is 1. The van der Waals surface area contributed by atoms with Crippen molar-refractivity contribution in [2.75, 3.05) is 7.11 Å². The molecular formula is C23H16IN3O7S2. The minimum absolute atomic E-state index is 0.0811. The van der Waals surface area contributed by atoms with E-state index in [1.807, 2.05) is 24.3 Å². The van der Waals surface area contributed by atoms with Crippen LogP contribution in [0.5, 0.6) is 11.5 Å². The molecule has 0 aliphatic carbocycles. The van der Waals surface area contributed by atoms with E-state index in [9.17, 15) is 23.3 Å². The van der Waals surface area contributed by atoms with Gasteiger partial charge in [-0.2, -0.15) is 8.42 Å². The minimum atomic E-state index is -4.28. The number of rotatable bonds is 7. The molecule has 13 heteroatoms. The molecule has 1 aliphatic heterocycles. The molecule has 0 saturated carbocycles. The van der Waals surface area contributed by atoms with Crippen molar-refractivity contribution in [3.05, 3.63) is 90.9 Å². The SMILES string of the molecule is COc1cc(/C=C2/SC(=Nc3cccc(I)c3)NC2=O)ccc1OS(=O)(=O)c1ccc([N+](=O)[O-])cc1. The zero-order valence-corrected chi connectivity index (χ0v) is 22.2. The summed E-state index contributed by atoms with van der Waals surface area (Å²) < 4.78 is 36.8. The molecule has 1 N–H and O–H groups in total. The molecule has 1 fully saturated rings. The Morgan fingerprint density at radius 3 is 2.50 bits per heavy atom. The van der Waals surface area contributed by atoms with Gasteiger partial charge in [-0.25, -0.2) is 4.99 Å². The topological polar surface area (TPSA) is 137 Å². The van der Waals surface area contributed by atoms with Crippen molar-refractivity contribution in [2.24, 2.45) is 4.99 Å². The lowest BCUT2D eigenvalue weighted by Crippen LogP contribution is -2.19. The molecule has 3 aromatic rings. The number of ether oxygens (including phenoxy) is 1. The zero-order chi connectivity index (χ0) is 25.9. The highest BCUT2D eigenvalue weighted by molar-refractivity contribution is 14.1. The molecule has 0 atom stereocenters. The Morgan fingerprint density at radius 1 is 1.08 bits per heavy atom. The molecule has 10 nitrogen and oxygen atoms in total. The number of nitrogens with one attached hydrogen (secondary N) is 1. The third kappa shape index (κ3) is 6.03. The maximum absolute atomic E-state index is 12.6. The third-order valence-corrected chi connectivity index (χ3v) is 7.54. The average Bonchev–Trinajstić information content (AvgIpc) is 3.18. The highest BCUT2D eigenvalue weighted by Gasteiger charge is 2.25. The van der Waals surface area contributed by atoms with Gasteiger partial charge in [-0.1, -0.05) is 12.1 Å². The standard InChI is InChI=1S/C23H16IN3O7S2/c1-33-20-11-14(12-21-22(28)26-23(35-21)25-16-4-2-3-15(24)13-16)5-10-19(20)34-36(31,32)18-8-6-17(7-9-18)27(29)30/h2-13H,1H3,(H,25,26,28)/b21-12+. The molecule has 184 valence electrons. The molecule has 1 amide bonds. The van der Waals surface area contributed by atoms with Crippen molar-refractivity contribution in [2.45, 2.75) is 4.90 Å². The van der Waals surface area contributed by atoms with Crippen LogP contribution < -0.4 is 14.2 Å². The summed E-state index contributed by atoms with van der Waals surface area (Å²) >= 11 is 3.35. The van der Waals surface area contributed by atoms with Crippen LogP contribution in [0.4, 0.5) is 11.4 Å². The van der Waals surface area contributed by atoms with Gasteiger partial charge in [-0.05, 0) is 88.5 Å². The van der Waals surface area contributed by atoms with E-state index in [1.54, 1.807) is 12.1 Å². The number of non-ortho nitro benzene ring substituents is 1. The number of hydrogen-bond donors (Lipinski definition) is 1. The number of nitro benzene ring substituents is 1. The fraction of sp³-hybridized carbons (Fsp3) is 0.0435. The second-order valence-corrected chi connectivity index (χ2v) is 11.0. The number of halogens is 1. The number of carbonyl (C=O) groups excluding carboxylic acids is 1. The van der Waals surface area contributed by atoms with E-state index >= 15 is 0 Å². The van der Waals surface area contributed by atoms with Gasteiger partial charge in [0.25, 0.3) is 11.6 Å². The van der Waals surface area contributed by atoms with Crippen LogP contribution in [-0.2, 0) is 14.9 Å². The maximum atomic E-state index is 12.6. The summed E-state index contributed by atoms with van der Waals surface area (Å²) in [5, 5.41) is 14.0. The van der Waals surface area contributed by atoms with Crippen LogP contribution in [0.3, 0.4) is 0 Å². The fourth-order valence-electron chi connectivity index (χ4n) is 3.04. The second-order valence-electron chi connectivity index (χ2n) is 7.16. The van der Waals surface area contributed by atoms with Gasteiger partial charge >= 0.3 is 10.1 Å². The van der Waals surface area contributed by atoms with Crippen molar-refractivity contribution in [1.29, 1.82) is 0 Å². The van der Waals surface area contributed by atoms with Crippen LogP contribution in [0.1, 0.15) is 5.56 Å². The largest absolute Gasteiger partial charge is 0.493 e. The fourth-order valence-corrected chi connectivity index (χ4v) is 5.35. The zero-order valence-electron chi connectivity index (χ0n) is 18.4. The Balaban J connectivity index is 1.54. The van der Waals surface area contributed by atoms with Gasteiger partial charge in [0.05, 0.1) is 22.6 Å². The smallest absolute Gasteiger partial charge is 0.339 e. The number of carbonyl (C=O) groups is 1. The van der Waals surface area contributed by atoms with Gasteiger partial charge in [0.1, 0.15) is 4.90 Å². The quantitative estimate of drug-likeness (QED) is 0.127. The Morgan fingerprint density at radius 2 is 1.83 bits per heavy atom. The van der Waals surface area contributed by atoms with Gasteiger partial charge in [-0.15, -0.1) is 0 Å². The first kappa shape index (κ1) is 25.7. The lowest BCUT2D eigenvalue weighted by Gasteiger charge is -2.11. The van der Waals surface area contributed by atoms with Crippen molar-refractivity contribution in [1.82, 2.24) is 5.32 Å². The van der Waals surface area contributed by atoms with Crippen molar-refractivity contribution >= 4 is 73.0 Å². The molecule has 0 aromatic heterocycles. The van der Waals surface area contributed by atoms with Gasteiger partial charge < -0.3 is 14.2 Å². The number of hydrogen-bond acceptors (Lipinski definition) is 9. The van der Waals surface area contributed by atoms with Crippen LogP contribution in [0.2, 0.25) is 0 Å². The summed E-state index contributed by atoms with van der Waals surface area (Å²) in [6, 6.07) is 16.3. The van der Waals surface area contributed by atoms with Crippen molar-refractivity contribution < 1.29 is 27.1 Å². The number of amides is 1. The van der Waals surface area contributed by atoms with Gasteiger partial charge in [0, 0.05) is 15.7 Å². The number of methoxy groups -OCH3 is 1. The summed E-state index contributed by atoms with van der Waals surface area (Å²) in [4.78, 5) is 27.2. The van der Waals surface area contributed by atoms with Gasteiger partial charge in [0.2, 0.25) is 0 Å². The van der Waals surface area contributed by atoms with Crippen LogP contribution in [0.15, 0.2) is 81.5 Å². The lowest BCUT2D eigenvalue weighted by molar-refractivity contribution is -0.384. The highest BCUT2D eigenvalue weighted by atomic mass is 127. The molecule has 3 aromatic carbocycles. The van der Waals surface area contributed by atoms with Crippen molar-refractivity contribution in [3.8, 4) is 11.5 Å². The van der Waals surface area contributed by atoms with E-state index < -0.39 is 15.0 Å². The second kappa shape index (κ2) is 10.7. The summed E-state index contributed by atoms with van der Waals surface area (Å²) in [6.45, 7) is 0. The highest BCUT2D eigenvalue weighted by Crippen LogP contribution is 2.34. The Hall–Kier alpha value is -3.43. The number of nitrogens with zero attached hydrogens (tertiary/aromatic N) is 2. The van der Waals surface area contributed by atoms with E-state index in [0.29, 0.717) is 21.3 Å². The molecule has 36 heavy (non-hydrogen) atoms. The molecule has 0 bridgehead atoms. The molecule has 1 aliphatic rings. The Labute approximate surface area is 223 Å². The van der Waals surface area contributed by atoms with Crippen LogP contribution in [-0.4, -0.2) is 31.5 Å². The average molecular weight is 637 g/mol. The molecule has 0 unspecified atom stereocenters. The molecule has 1 heterocycles. The Bertz CT molecular complexity index is 1520. The summed E-state index contributed by atoms with van der Waals surface area (Å²) in [7, 11) is -2.93. The first-order valence-electron chi connectivity index (χ1n) is 10.1. The normalized spacial score (nSPS) is 15.7. The third-order valence-electron chi connectivity index (χ3n) is 4.71. The molecular weight excluding hydrogens is 621 g/mol. The van der Waals surface area contributed by atoms with Gasteiger partial charge in [0.15, 0.2) is 16.7 Å². The van der Waals surface area contributed by atoms with E-state index in [4.69, 9.17) is 8.92 Å². The summed E-state index contributed by atoms with van der Waals surface area (Å²) in [6.07, 6.45) is 1.62. The van der Waals surface area contributed by atoms with E-state index in [-0.39, 0.29) is 28.0 Å². The number of amidine groups is 1. The molecule has 0 radical (unpaired) electrons. The molecule has 1 saturated heterocycles. The molecule has 0 spiro atoms. The maximum Gasteiger partial charge on any atom is 0.339 e. The monoisotopic (exact) mass is 637 g/mol. The summed E-state index contributed by atoms with van der Waals surface area (Å²) in [5.74, 6) is -0.280. The van der Waals surface area contributed by atoms with Crippen LogP contribution in [0.25, 0.3) is 6.08 Å². The summed E-state index contributed by atoms with van der Waals surface area (Å²) in [5.41, 5.74) is 1.04. The van der Waals surface area contributed by atoms with Crippen LogP contribution in [0, 0.1) is 13.7 Å². The first-order valence-corrected chi connectivity index (χ1v) is 13.4. The van der Waals surface area contributed by atoms with Crippen LogP contribution >= 0.6 is 34.4 Å². The number of thioether (sulfide) groups is 1. The van der Waals surface area contributed by atoms with E-state index in [2.05, 4.69) is 32.9 Å². The van der Waals surface area contributed by atoms with Crippen molar-refractivity contribution in [3.63, 3.8) is 0 Å². The van der Waals surface area contributed by atoms with Gasteiger partial charge in [-0.3, -0.25) is 14.9 Å².